The molecule has 0 aliphatic carbocycles. The van der Waals surface area contributed by atoms with Crippen molar-refractivity contribution in [3.8, 4) is 5.75 Å². The third kappa shape index (κ3) is 5.01. The summed E-state index contributed by atoms with van der Waals surface area (Å²) >= 11 is 2.25. The Morgan fingerprint density at radius 1 is 1.05 bits per heavy atom. The molecule has 4 heteroatoms. The van der Waals surface area contributed by atoms with Gasteiger partial charge in [-0.2, -0.15) is 0 Å². The molecule has 0 atom stereocenters. The predicted molar refractivity (Wildman–Crippen MR) is 84.3 cm³/mol. The number of halogens is 1. The largest absolute Gasteiger partial charge is 0.484 e. The molecule has 0 saturated carbocycles. The fourth-order valence-electron chi connectivity index (χ4n) is 2.26. The van der Waals surface area contributed by atoms with Crippen molar-refractivity contribution in [2.45, 2.75) is 32.1 Å². The second kappa shape index (κ2) is 7.72. The van der Waals surface area contributed by atoms with Crippen molar-refractivity contribution >= 4 is 28.5 Å². The van der Waals surface area contributed by atoms with Crippen LogP contribution in [-0.2, 0) is 4.79 Å². The molecule has 104 valence electrons. The summed E-state index contributed by atoms with van der Waals surface area (Å²) in [6.45, 7) is 1.92. The van der Waals surface area contributed by atoms with Crippen molar-refractivity contribution in [1.29, 1.82) is 0 Å². The van der Waals surface area contributed by atoms with Crippen molar-refractivity contribution in [1.82, 2.24) is 4.90 Å². The summed E-state index contributed by atoms with van der Waals surface area (Å²) in [5.74, 6) is 0.876. The monoisotopic (exact) mass is 373 g/mol. The van der Waals surface area contributed by atoms with Crippen LogP contribution in [-0.4, -0.2) is 30.5 Å². The highest BCUT2D eigenvalue weighted by atomic mass is 127. The molecular formula is C15H20INO2. The van der Waals surface area contributed by atoms with Gasteiger partial charge in [-0.1, -0.05) is 19.3 Å². The third-order valence-corrected chi connectivity index (χ3v) is 4.10. The van der Waals surface area contributed by atoms with E-state index >= 15 is 0 Å². The lowest BCUT2D eigenvalue weighted by molar-refractivity contribution is -0.133. The minimum absolute atomic E-state index is 0.112. The highest BCUT2D eigenvalue weighted by Gasteiger charge is 2.15. The van der Waals surface area contributed by atoms with E-state index in [4.69, 9.17) is 4.74 Å². The number of ether oxygens (including phenoxy) is 1. The van der Waals surface area contributed by atoms with Crippen LogP contribution in [0.2, 0.25) is 0 Å². The fourth-order valence-corrected chi connectivity index (χ4v) is 2.62. The molecule has 1 aromatic carbocycles. The zero-order chi connectivity index (χ0) is 13.5. The fraction of sp³-hybridized carbons (Fsp3) is 0.533. The van der Waals surface area contributed by atoms with Gasteiger partial charge in [0.2, 0.25) is 0 Å². The van der Waals surface area contributed by atoms with Crippen LogP contribution in [0.15, 0.2) is 24.3 Å². The lowest BCUT2D eigenvalue weighted by Crippen LogP contribution is -2.37. The maximum Gasteiger partial charge on any atom is 0.260 e. The number of amides is 1. The number of benzene rings is 1. The molecule has 1 amide bonds. The van der Waals surface area contributed by atoms with Gasteiger partial charge < -0.3 is 9.64 Å². The van der Waals surface area contributed by atoms with E-state index in [1.54, 1.807) is 0 Å². The maximum atomic E-state index is 12.1. The van der Waals surface area contributed by atoms with Crippen molar-refractivity contribution in [3.63, 3.8) is 0 Å². The van der Waals surface area contributed by atoms with Gasteiger partial charge in [-0.15, -0.1) is 0 Å². The van der Waals surface area contributed by atoms with Crippen LogP contribution in [0.1, 0.15) is 32.1 Å². The van der Waals surface area contributed by atoms with Crippen molar-refractivity contribution in [2.75, 3.05) is 19.7 Å². The third-order valence-electron chi connectivity index (χ3n) is 3.38. The average molecular weight is 373 g/mol. The minimum atomic E-state index is 0.112. The molecule has 0 unspecified atom stereocenters. The Kier molecular flexibility index (Phi) is 5.94. The molecule has 1 aliphatic rings. The summed E-state index contributed by atoms with van der Waals surface area (Å²) < 4.78 is 6.72. The Bertz CT molecular complexity index is 397. The molecule has 0 radical (unpaired) electrons. The highest BCUT2D eigenvalue weighted by Crippen LogP contribution is 2.14. The number of carbonyl (C=O) groups is 1. The Morgan fingerprint density at radius 2 is 1.63 bits per heavy atom. The van der Waals surface area contributed by atoms with Crippen LogP contribution in [0.3, 0.4) is 0 Å². The van der Waals surface area contributed by atoms with Crippen LogP contribution in [0.25, 0.3) is 0 Å². The van der Waals surface area contributed by atoms with Crippen LogP contribution in [0, 0.1) is 3.57 Å². The van der Waals surface area contributed by atoms with E-state index in [0.717, 1.165) is 31.7 Å². The topological polar surface area (TPSA) is 29.5 Å². The minimum Gasteiger partial charge on any atom is -0.484 e. The molecule has 3 nitrogen and oxygen atoms in total. The summed E-state index contributed by atoms with van der Waals surface area (Å²) in [7, 11) is 0. The Labute approximate surface area is 128 Å². The molecule has 1 aliphatic heterocycles. The normalized spacial score (nSPS) is 16.6. The summed E-state index contributed by atoms with van der Waals surface area (Å²) in [4.78, 5) is 14.1. The molecule has 2 rings (SSSR count). The van der Waals surface area contributed by atoms with E-state index in [0.29, 0.717) is 0 Å². The standard InChI is InChI=1S/C15H20INO2/c16-13-6-8-14(9-7-13)19-12-15(18)17-10-4-2-1-3-5-11-17/h6-9H,1-5,10-12H2. The van der Waals surface area contributed by atoms with Crippen LogP contribution in [0.4, 0.5) is 0 Å². The zero-order valence-corrected chi connectivity index (χ0v) is 13.3. The van der Waals surface area contributed by atoms with Gasteiger partial charge in [-0.05, 0) is 59.7 Å². The molecular weight excluding hydrogens is 353 g/mol. The van der Waals surface area contributed by atoms with Crippen LogP contribution >= 0.6 is 22.6 Å². The second-order valence-electron chi connectivity index (χ2n) is 4.89. The van der Waals surface area contributed by atoms with Gasteiger partial charge in [-0.25, -0.2) is 0 Å². The first kappa shape index (κ1) is 14.6. The number of carbonyl (C=O) groups excluding carboxylic acids is 1. The van der Waals surface area contributed by atoms with Crippen molar-refractivity contribution < 1.29 is 9.53 Å². The van der Waals surface area contributed by atoms with Gasteiger partial charge in [0, 0.05) is 16.7 Å². The maximum absolute atomic E-state index is 12.1. The van der Waals surface area contributed by atoms with Crippen molar-refractivity contribution in [3.05, 3.63) is 27.8 Å². The molecule has 0 bridgehead atoms. The molecule has 0 aromatic heterocycles. The Balaban J connectivity index is 1.80. The first-order valence-corrected chi connectivity index (χ1v) is 8.00. The zero-order valence-electron chi connectivity index (χ0n) is 11.1. The molecule has 0 spiro atoms. The summed E-state index contributed by atoms with van der Waals surface area (Å²) in [5.41, 5.74) is 0. The number of rotatable bonds is 3. The lowest BCUT2D eigenvalue weighted by atomic mass is 10.1. The van der Waals surface area contributed by atoms with E-state index in [2.05, 4.69) is 22.6 Å². The first-order chi connectivity index (χ1) is 9.25. The van der Waals surface area contributed by atoms with E-state index in [1.807, 2.05) is 29.2 Å². The lowest BCUT2D eigenvalue weighted by Gasteiger charge is -2.24. The number of hydrogen-bond donors (Lipinski definition) is 0. The summed E-state index contributed by atoms with van der Waals surface area (Å²) in [6.07, 6.45) is 6.02. The molecule has 1 heterocycles. The average Bonchev–Trinajstić information content (AvgIpc) is 2.37. The van der Waals surface area contributed by atoms with Gasteiger partial charge in [0.1, 0.15) is 5.75 Å². The van der Waals surface area contributed by atoms with Gasteiger partial charge in [0.15, 0.2) is 6.61 Å². The van der Waals surface area contributed by atoms with Gasteiger partial charge in [0.25, 0.3) is 5.91 Å². The first-order valence-electron chi connectivity index (χ1n) is 6.92. The quantitative estimate of drug-likeness (QED) is 0.760. The van der Waals surface area contributed by atoms with Crippen molar-refractivity contribution in [2.24, 2.45) is 0 Å². The molecule has 1 aromatic rings. The molecule has 1 fully saturated rings. The van der Waals surface area contributed by atoms with E-state index in [1.165, 1.54) is 22.8 Å². The van der Waals surface area contributed by atoms with E-state index < -0.39 is 0 Å². The summed E-state index contributed by atoms with van der Waals surface area (Å²) in [5, 5.41) is 0. The second-order valence-corrected chi connectivity index (χ2v) is 6.14. The van der Waals surface area contributed by atoms with E-state index in [9.17, 15) is 4.79 Å². The SMILES string of the molecule is O=C(COc1ccc(I)cc1)N1CCCCCCC1. The van der Waals surface area contributed by atoms with E-state index in [-0.39, 0.29) is 12.5 Å². The van der Waals surface area contributed by atoms with Gasteiger partial charge in [0.05, 0.1) is 0 Å². The predicted octanol–water partition coefficient (Wildman–Crippen LogP) is 3.46. The number of nitrogens with zero attached hydrogens (tertiary/aromatic N) is 1. The smallest absolute Gasteiger partial charge is 0.260 e. The van der Waals surface area contributed by atoms with Gasteiger partial charge in [-0.3, -0.25) is 4.79 Å². The molecule has 1 saturated heterocycles. The Hall–Kier alpha value is -0.780. The number of likely N-dealkylation sites (tertiary alicyclic amines) is 1. The molecule has 19 heavy (non-hydrogen) atoms. The van der Waals surface area contributed by atoms with Crippen LogP contribution in [0.5, 0.6) is 5.75 Å². The Morgan fingerprint density at radius 3 is 2.26 bits per heavy atom. The summed E-state index contributed by atoms with van der Waals surface area (Å²) in [6, 6.07) is 7.78. The van der Waals surface area contributed by atoms with Crippen LogP contribution < -0.4 is 4.74 Å². The van der Waals surface area contributed by atoms with Gasteiger partial charge >= 0.3 is 0 Å². The number of hydrogen-bond acceptors (Lipinski definition) is 2. The highest BCUT2D eigenvalue weighted by molar-refractivity contribution is 14.1. The molecule has 0 N–H and O–H groups in total.